The van der Waals surface area contributed by atoms with E-state index in [4.69, 9.17) is 9.47 Å². The quantitative estimate of drug-likeness (QED) is 0.923. The van der Waals surface area contributed by atoms with Crippen LogP contribution in [0.25, 0.3) is 0 Å². The van der Waals surface area contributed by atoms with Crippen molar-refractivity contribution in [2.24, 2.45) is 0 Å². The third kappa shape index (κ3) is 3.13. The summed E-state index contributed by atoms with van der Waals surface area (Å²) in [5.74, 6) is 0.807. The molecule has 1 amide bonds. The van der Waals surface area contributed by atoms with Crippen LogP contribution in [0.15, 0.2) is 24.3 Å². The first kappa shape index (κ1) is 14.2. The first-order chi connectivity index (χ1) is 10.3. The predicted octanol–water partition coefficient (Wildman–Crippen LogP) is 1.89. The molecule has 0 aliphatic carbocycles. The number of anilines is 1. The van der Waals surface area contributed by atoms with E-state index in [-0.39, 0.29) is 12.0 Å². The average molecular weight is 290 g/mol. The van der Waals surface area contributed by atoms with Gasteiger partial charge in [0.25, 0.3) is 5.91 Å². The number of hydrogen-bond donors (Lipinski definition) is 1. The number of carbonyl (C=O) groups excluding carboxylic acids is 1. The van der Waals surface area contributed by atoms with Crippen molar-refractivity contribution >= 4 is 11.6 Å². The molecule has 1 aromatic rings. The standard InChI is InChI=1S/C16H22N2O3/c1-2-20-12-6-5-9-18(11-12)16(19)15-10-17-13-7-3-4-8-14(13)21-15/h3-4,7-8,12,15,17H,2,5-6,9-11H2,1H3. The van der Waals surface area contributed by atoms with Crippen molar-refractivity contribution in [2.45, 2.75) is 32.0 Å². The van der Waals surface area contributed by atoms with Gasteiger partial charge in [-0.15, -0.1) is 0 Å². The van der Waals surface area contributed by atoms with Crippen LogP contribution in [0.5, 0.6) is 5.75 Å². The van der Waals surface area contributed by atoms with Crippen molar-refractivity contribution in [1.29, 1.82) is 0 Å². The Morgan fingerprint density at radius 2 is 2.33 bits per heavy atom. The molecule has 1 N–H and O–H groups in total. The van der Waals surface area contributed by atoms with E-state index in [0.717, 1.165) is 30.8 Å². The summed E-state index contributed by atoms with van der Waals surface area (Å²) < 4.78 is 11.5. The molecule has 1 aromatic carbocycles. The summed E-state index contributed by atoms with van der Waals surface area (Å²) in [5, 5.41) is 3.27. The monoisotopic (exact) mass is 290 g/mol. The van der Waals surface area contributed by atoms with E-state index in [1.54, 1.807) is 0 Å². The molecule has 0 aromatic heterocycles. The van der Waals surface area contributed by atoms with Crippen LogP contribution in [-0.2, 0) is 9.53 Å². The van der Waals surface area contributed by atoms with E-state index >= 15 is 0 Å². The average Bonchev–Trinajstić information content (AvgIpc) is 2.54. The lowest BCUT2D eigenvalue weighted by Crippen LogP contribution is -2.51. The highest BCUT2D eigenvalue weighted by Gasteiger charge is 2.32. The van der Waals surface area contributed by atoms with Gasteiger partial charge in [0.2, 0.25) is 0 Å². The maximum Gasteiger partial charge on any atom is 0.265 e. The molecular formula is C16H22N2O3. The van der Waals surface area contributed by atoms with Gasteiger partial charge in [0.05, 0.1) is 18.3 Å². The molecule has 114 valence electrons. The minimum Gasteiger partial charge on any atom is -0.477 e. The van der Waals surface area contributed by atoms with Crippen LogP contribution in [0.4, 0.5) is 5.69 Å². The Balaban J connectivity index is 1.63. The van der Waals surface area contributed by atoms with Crippen LogP contribution < -0.4 is 10.1 Å². The van der Waals surface area contributed by atoms with E-state index in [1.807, 2.05) is 36.1 Å². The van der Waals surface area contributed by atoms with Crippen molar-refractivity contribution in [3.05, 3.63) is 24.3 Å². The van der Waals surface area contributed by atoms with Crippen LogP contribution in [0, 0.1) is 0 Å². The normalized spacial score (nSPS) is 24.7. The molecule has 1 fully saturated rings. The number of amides is 1. The predicted molar refractivity (Wildman–Crippen MR) is 80.6 cm³/mol. The lowest BCUT2D eigenvalue weighted by atomic mass is 10.1. The summed E-state index contributed by atoms with van der Waals surface area (Å²) in [7, 11) is 0. The zero-order chi connectivity index (χ0) is 14.7. The summed E-state index contributed by atoms with van der Waals surface area (Å²) in [6.07, 6.45) is 1.74. The lowest BCUT2D eigenvalue weighted by Gasteiger charge is -2.36. The second kappa shape index (κ2) is 6.35. The fourth-order valence-corrected chi connectivity index (χ4v) is 2.96. The Hall–Kier alpha value is -1.75. The molecule has 0 bridgehead atoms. The Labute approximate surface area is 125 Å². The fourth-order valence-electron chi connectivity index (χ4n) is 2.96. The Bertz CT molecular complexity index is 504. The minimum absolute atomic E-state index is 0.0569. The third-order valence-electron chi connectivity index (χ3n) is 4.00. The van der Waals surface area contributed by atoms with Gasteiger partial charge in [-0.25, -0.2) is 0 Å². The molecule has 2 atom stereocenters. The van der Waals surface area contributed by atoms with E-state index in [0.29, 0.717) is 19.7 Å². The fraction of sp³-hybridized carbons (Fsp3) is 0.562. The van der Waals surface area contributed by atoms with E-state index in [1.165, 1.54) is 0 Å². The molecular weight excluding hydrogens is 268 g/mol. The molecule has 2 heterocycles. The Kier molecular flexibility index (Phi) is 4.29. The molecule has 2 unspecified atom stereocenters. The maximum absolute atomic E-state index is 12.6. The molecule has 2 aliphatic heterocycles. The zero-order valence-electron chi connectivity index (χ0n) is 12.4. The Morgan fingerprint density at radius 1 is 1.48 bits per heavy atom. The molecule has 0 spiro atoms. The van der Waals surface area contributed by atoms with E-state index in [9.17, 15) is 4.79 Å². The van der Waals surface area contributed by atoms with Crippen LogP contribution in [0.1, 0.15) is 19.8 Å². The molecule has 2 aliphatic rings. The van der Waals surface area contributed by atoms with Crippen LogP contribution in [0.3, 0.4) is 0 Å². The molecule has 21 heavy (non-hydrogen) atoms. The number of para-hydroxylation sites is 2. The van der Waals surface area contributed by atoms with Gasteiger partial charge < -0.3 is 19.7 Å². The molecule has 0 saturated carbocycles. The lowest BCUT2D eigenvalue weighted by molar-refractivity contribution is -0.142. The van der Waals surface area contributed by atoms with Crippen molar-refractivity contribution < 1.29 is 14.3 Å². The van der Waals surface area contributed by atoms with Crippen LogP contribution in [0.2, 0.25) is 0 Å². The molecule has 0 radical (unpaired) electrons. The number of fused-ring (bicyclic) bond motifs is 1. The SMILES string of the molecule is CCOC1CCCN(C(=O)C2CNc3ccccc3O2)C1. The zero-order valence-corrected chi connectivity index (χ0v) is 12.4. The first-order valence-corrected chi connectivity index (χ1v) is 7.68. The number of rotatable bonds is 3. The summed E-state index contributed by atoms with van der Waals surface area (Å²) in [4.78, 5) is 14.5. The van der Waals surface area contributed by atoms with E-state index in [2.05, 4.69) is 5.32 Å². The first-order valence-electron chi connectivity index (χ1n) is 7.68. The summed E-state index contributed by atoms with van der Waals surface area (Å²) in [6.45, 7) is 4.68. The highest BCUT2D eigenvalue weighted by atomic mass is 16.5. The highest BCUT2D eigenvalue weighted by molar-refractivity contribution is 5.83. The van der Waals surface area contributed by atoms with Gasteiger partial charge in [-0.05, 0) is 31.9 Å². The molecule has 5 nitrogen and oxygen atoms in total. The van der Waals surface area contributed by atoms with Gasteiger partial charge in [0.1, 0.15) is 5.75 Å². The number of nitrogens with zero attached hydrogens (tertiary/aromatic N) is 1. The largest absolute Gasteiger partial charge is 0.477 e. The van der Waals surface area contributed by atoms with Crippen molar-refractivity contribution in [3.63, 3.8) is 0 Å². The number of benzene rings is 1. The molecule has 5 heteroatoms. The molecule has 3 rings (SSSR count). The van der Waals surface area contributed by atoms with Crippen LogP contribution in [-0.4, -0.2) is 49.3 Å². The van der Waals surface area contributed by atoms with Gasteiger partial charge in [0, 0.05) is 19.7 Å². The second-order valence-corrected chi connectivity index (χ2v) is 5.49. The summed E-state index contributed by atoms with van der Waals surface area (Å²) in [6, 6.07) is 7.72. The Morgan fingerprint density at radius 3 is 3.19 bits per heavy atom. The smallest absolute Gasteiger partial charge is 0.265 e. The van der Waals surface area contributed by atoms with Crippen LogP contribution >= 0.6 is 0 Å². The third-order valence-corrected chi connectivity index (χ3v) is 4.00. The maximum atomic E-state index is 12.6. The number of carbonyl (C=O) groups is 1. The highest BCUT2D eigenvalue weighted by Crippen LogP contribution is 2.29. The second-order valence-electron chi connectivity index (χ2n) is 5.49. The van der Waals surface area contributed by atoms with Gasteiger partial charge in [0.15, 0.2) is 6.10 Å². The number of likely N-dealkylation sites (tertiary alicyclic amines) is 1. The molecule has 1 saturated heterocycles. The van der Waals surface area contributed by atoms with Gasteiger partial charge in [-0.2, -0.15) is 0 Å². The van der Waals surface area contributed by atoms with Gasteiger partial charge >= 0.3 is 0 Å². The van der Waals surface area contributed by atoms with Gasteiger partial charge in [-0.1, -0.05) is 12.1 Å². The topological polar surface area (TPSA) is 50.8 Å². The van der Waals surface area contributed by atoms with E-state index < -0.39 is 6.10 Å². The van der Waals surface area contributed by atoms with Crippen molar-refractivity contribution in [3.8, 4) is 5.75 Å². The number of ether oxygens (including phenoxy) is 2. The minimum atomic E-state index is -0.444. The number of piperidine rings is 1. The van der Waals surface area contributed by atoms with Crippen molar-refractivity contribution in [1.82, 2.24) is 4.90 Å². The number of nitrogens with one attached hydrogen (secondary N) is 1. The number of hydrogen-bond acceptors (Lipinski definition) is 4. The van der Waals surface area contributed by atoms with Crippen molar-refractivity contribution in [2.75, 3.05) is 31.6 Å². The summed E-state index contributed by atoms with van der Waals surface area (Å²) in [5.41, 5.74) is 0.951. The van der Waals surface area contributed by atoms with Gasteiger partial charge in [-0.3, -0.25) is 4.79 Å². The summed E-state index contributed by atoms with van der Waals surface area (Å²) >= 11 is 0.